The second kappa shape index (κ2) is 7.57. The van der Waals surface area contributed by atoms with E-state index in [1.807, 2.05) is 42.5 Å². The van der Waals surface area contributed by atoms with Crippen LogP contribution < -0.4 is 5.32 Å². The summed E-state index contributed by atoms with van der Waals surface area (Å²) in [6.07, 6.45) is 3.40. The van der Waals surface area contributed by atoms with Crippen molar-refractivity contribution in [1.82, 2.24) is 10.3 Å². The van der Waals surface area contributed by atoms with Crippen molar-refractivity contribution in [2.75, 3.05) is 7.11 Å². The Hall–Kier alpha value is -3.21. The van der Waals surface area contributed by atoms with Crippen LogP contribution in [0.1, 0.15) is 15.9 Å². The van der Waals surface area contributed by atoms with Crippen LogP contribution in [-0.2, 0) is 16.0 Å². The van der Waals surface area contributed by atoms with E-state index in [0.717, 1.165) is 16.3 Å². The van der Waals surface area contributed by atoms with E-state index in [1.54, 1.807) is 18.3 Å². The van der Waals surface area contributed by atoms with Crippen LogP contribution in [0.4, 0.5) is 0 Å². The molecule has 0 aliphatic rings. The lowest BCUT2D eigenvalue weighted by atomic mass is 9.98. The zero-order valence-electron chi connectivity index (χ0n) is 13.8. The van der Waals surface area contributed by atoms with Gasteiger partial charge in [-0.2, -0.15) is 0 Å². The fraction of sp³-hybridized carbons (Fsp3) is 0.150. The monoisotopic (exact) mass is 334 g/mol. The summed E-state index contributed by atoms with van der Waals surface area (Å²) in [6.45, 7) is 0. The predicted octanol–water partition coefficient (Wildman–Crippen LogP) is 2.75. The Bertz CT molecular complexity index is 888. The predicted molar refractivity (Wildman–Crippen MR) is 95.2 cm³/mol. The first-order valence-electron chi connectivity index (χ1n) is 7.94. The van der Waals surface area contributed by atoms with E-state index in [2.05, 4.69) is 10.3 Å². The maximum atomic E-state index is 12.4. The molecule has 0 saturated heterocycles. The van der Waals surface area contributed by atoms with Crippen molar-refractivity contribution in [3.8, 4) is 0 Å². The summed E-state index contributed by atoms with van der Waals surface area (Å²) < 4.78 is 4.86. The largest absolute Gasteiger partial charge is 0.467 e. The third-order valence-corrected chi connectivity index (χ3v) is 4.02. The van der Waals surface area contributed by atoms with Crippen LogP contribution >= 0.6 is 0 Å². The maximum Gasteiger partial charge on any atom is 0.328 e. The van der Waals surface area contributed by atoms with Crippen molar-refractivity contribution >= 4 is 22.6 Å². The first-order chi connectivity index (χ1) is 12.2. The molecule has 1 N–H and O–H groups in total. The smallest absolute Gasteiger partial charge is 0.328 e. The van der Waals surface area contributed by atoms with Crippen LogP contribution in [0.15, 0.2) is 67.0 Å². The van der Waals surface area contributed by atoms with Crippen LogP contribution in [0.3, 0.4) is 0 Å². The number of rotatable bonds is 5. The minimum Gasteiger partial charge on any atom is -0.467 e. The van der Waals surface area contributed by atoms with Gasteiger partial charge >= 0.3 is 5.97 Å². The molecule has 0 saturated carbocycles. The zero-order chi connectivity index (χ0) is 17.6. The SMILES string of the molecule is COC(=O)[C@@H](Cc1cccc2ccccc12)NC(=O)c1cccnc1. The number of carbonyl (C=O) groups excluding carboxylic acids is 2. The molecule has 1 atom stereocenters. The molecule has 126 valence electrons. The second-order valence-electron chi connectivity index (χ2n) is 5.63. The molecule has 1 aromatic heterocycles. The minimum atomic E-state index is -0.775. The molecule has 3 aromatic rings. The van der Waals surface area contributed by atoms with Gasteiger partial charge in [-0.05, 0) is 28.5 Å². The molecule has 0 aliphatic carbocycles. The molecule has 3 rings (SSSR count). The molecule has 5 nitrogen and oxygen atoms in total. The Morgan fingerprint density at radius 3 is 2.64 bits per heavy atom. The quantitative estimate of drug-likeness (QED) is 0.729. The summed E-state index contributed by atoms with van der Waals surface area (Å²) in [5.41, 5.74) is 1.37. The Labute approximate surface area is 145 Å². The van der Waals surface area contributed by atoms with Gasteiger partial charge in [0.15, 0.2) is 0 Å². The van der Waals surface area contributed by atoms with Gasteiger partial charge in [-0.1, -0.05) is 42.5 Å². The molecule has 0 unspecified atom stereocenters. The number of benzene rings is 2. The fourth-order valence-electron chi connectivity index (χ4n) is 2.76. The Morgan fingerprint density at radius 1 is 1.08 bits per heavy atom. The molecule has 0 spiro atoms. The van der Waals surface area contributed by atoms with E-state index in [1.165, 1.54) is 13.3 Å². The second-order valence-corrected chi connectivity index (χ2v) is 5.63. The molecule has 2 aromatic carbocycles. The zero-order valence-corrected chi connectivity index (χ0v) is 13.8. The van der Waals surface area contributed by atoms with Gasteiger partial charge in [0.1, 0.15) is 6.04 Å². The van der Waals surface area contributed by atoms with Gasteiger partial charge in [-0.15, -0.1) is 0 Å². The topological polar surface area (TPSA) is 68.3 Å². The average Bonchev–Trinajstić information content (AvgIpc) is 2.67. The van der Waals surface area contributed by atoms with Gasteiger partial charge < -0.3 is 10.1 Å². The van der Waals surface area contributed by atoms with Gasteiger partial charge in [0, 0.05) is 18.8 Å². The van der Waals surface area contributed by atoms with E-state index in [4.69, 9.17) is 4.74 Å². The van der Waals surface area contributed by atoms with E-state index in [9.17, 15) is 9.59 Å². The van der Waals surface area contributed by atoms with Gasteiger partial charge in [0.05, 0.1) is 12.7 Å². The summed E-state index contributed by atoms with van der Waals surface area (Å²) >= 11 is 0. The number of ether oxygens (including phenoxy) is 1. The highest BCUT2D eigenvalue weighted by Crippen LogP contribution is 2.20. The number of nitrogens with zero attached hydrogens (tertiary/aromatic N) is 1. The highest BCUT2D eigenvalue weighted by molar-refractivity contribution is 5.96. The lowest BCUT2D eigenvalue weighted by molar-refractivity contribution is -0.142. The van der Waals surface area contributed by atoms with Gasteiger partial charge in [0.25, 0.3) is 5.91 Å². The van der Waals surface area contributed by atoms with E-state index in [-0.39, 0.29) is 5.91 Å². The molecular formula is C20H18N2O3. The molecular weight excluding hydrogens is 316 g/mol. The van der Waals surface area contributed by atoms with Gasteiger partial charge in [-0.25, -0.2) is 4.79 Å². The number of pyridine rings is 1. The molecule has 5 heteroatoms. The molecule has 0 aliphatic heterocycles. The van der Waals surface area contributed by atoms with Crippen molar-refractivity contribution in [2.45, 2.75) is 12.5 Å². The maximum absolute atomic E-state index is 12.4. The Morgan fingerprint density at radius 2 is 1.88 bits per heavy atom. The summed E-state index contributed by atoms with van der Waals surface area (Å²) in [5.74, 6) is -0.839. The first kappa shape index (κ1) is 16.6. The molecule has 1 amide bonds. The summed E-state index contributed by atoms with van der Waals surface area (Å²) in [5, 5.41) is 4.88. The summed E-state index contributed by atoms with van der Waals surface area (Å²) in [4.78, 5) is 28.5. The molecule has 25 heavy (non-hydrogen) atoms. The first-order valence-corrected chi connectivity index (χ1v) is 7.94. The van der Waals surface area contributed by atoms with E-state index in [0.29, 0.717) is 12.0 Å². The van der Waals surface area contributed by atoms with E-state index >= 15 is 0 Å². The number of methoxy groups -OCH3 is 1. The number of carbonyl (C=O) groups is 2. The highest BCUT2D eigenvalue weighted by atomic mass is 16.5. The highest BCUT2D eigenvalue weighted by Gasteiger charge is 2.23. The Balaban J connectivity index is 1.86. The lowest BCUT2D eigenvalue weighted by Gasteiger charge is -2.17. The van der Waals surface area contributed by atoms with E-state index < -0.39 is 12.0 Å². The fourth-order valence-corrected chi connectivity index (χ4v) is 2.76. The average molecular weight is 334 g/mol. The van der Waals surface area contributed by atoms with Crippen molar-refractivity contribution in [3.63, 3.8) is 0 Å². The van der Waals surface area contributed by atoms with Crippen LogP contribution in [-0.4, -0.2) is 30.0 Å². The molecule has 1 heterocycles. The van der Waals surface area contributed by atoms with Gasteiger partial charge in [0.2, 0.25) is 0 Å². The third kappa shape index (κ3) is 3.83. The van der Waals surface area contributed by atoms with Crippen LogP contribution in [0.2, 0.25) is 0 Å². The number of hydrogen-bond donors (Lipinski definition) is 1. The van der Waals surface area contributed by atoms with Crippen molar-refractivity contribution in [2.24, 2.45) is 0 Å². The van der Waals surface area contributed by atoms with Gasteiger partial charge in [-0.3, -0.25) is 9.78 Å². The van der Waals surface area contributed by atoms with Crippen LogP contribution in [0.25, 0.3) is 10.8 Å². The standard InChI is InChI=1S/C20H18N2O3/c1-25-20(24)18(22-19(23)16-9-5-11-21-13-16)12-15-8-4-7-14-6-2-3-10-17(14)15/h2-11,13,18H,12H2,1H3,(H,22,23)/t18-/m1/s1. The number of amides is 1. The molecule has 0 fully saturated rings. The summed E-state index contributed by atoms with van der Waals surface area (Å²) in [7, 11) is 1.31. The van der Waals surface area contributed by atoms with Crippen LogP contribution in [0, 0.1) is 0 Å². The number of esters is 1. The summed E-state index contributed by atoms with van der Waals surface area (Å²) in [6, 6.07) is 16.4. The number of aromatic nitrogens is 1. The van der Waals surface area contributed by atoms with Crippen molar-refractivity contribution in [1.29, 1.82) is 0 Å². The normalized spacial score (nSPS) is 11.7. The Kier molecular flexibility index (Phi) is 5.04. The van der Waals surface area contributed by atoms with Crippen molar-refractivity contribution in [3.05, 3.63) is 78.1 Å². The van der Waals surface area contributed by atoms with Crippen molar-refractivity contribution < 1.29 is 14.3 Å². The number of fused-ring (bicyclic) bond motifs is 1. The molecule has 0 radical (unpaired) electrons. The number of hydrogen-bond acceptors (Lipinski definition) is 4. The minimum absolute atomic E-state index is 0.347. The third-order valence-electron chi connectivity index (χ3n) is 4.02. The number of nitrogens with one attached hydrogen (secondary N) is 1. The lowest BCUT2D eigenvalue weighted by Crippen LogP contribution is -2.43. The van der Waals surface area contributed by atoms with Crippen LogP contribution in [0.5, 0.6) is 0 Å². The molecule has 0 bridgehead atoms.